The van der Waals surface area contributed by atoms with Crippen LogP contribution in [0.4, 0.5) is 11.4 Å². The predicted octanol–water partition coefficient (Wildman–Crippen LogP) is 2.87. The highest BCUT2D eigenvalue weighted by molar-refractivity contribution is 5.64. The van der Waals surface area contributed by atoms with Crippen LogP contribution in [0.2, 0.25) is 0 Å². The summed E-state index contributed by atoms with van der Waals surface area (Å²) >= 11 is 0. The fourth-order valence-electron chi connectivity index (χ4n) is 2.05. The highest BCUT2D eigenvalue weighted by Crippen LogP contribution is 2.28. The molecule has 0 saturated carbocycles. The van der Waals surface area contributed by atoms with Crippen LogP contribution in [0.5, 0.6) is 5.75 Å². The molecule has 21 heavy (non-hydrogen) atoms. The maximum Gasteiger partial charge on any atom is 0.131 e. The third-order valence-electron chi connectivity index (χ3n) is 3.35. The van der Waals surface area contributed by atoms with Gasteiger partial charge in [-0.05, 0) is 24.3 Å². The van der Waals surface area contributed by atoms with E-state index in [4.69, 9.17) is 4.74 Å². The molecule has 0 fully saturated rings. The van der Waals surface area contributed by atoms with Crippen LogP contribution in [0.25, 0.3) is 0 Å². The van der Waals surface area contributed by atoms with Crippen molar-refractivity contribution in [2.24, 2.45) is 0 Å². The number of aliphatic hydroxyl groups excluding tert-OH is 1. The molecular formula is C16H21N3O2. The van der Waals surface area contributed by atoms with Crippen molar-refractivity contribution in [3.05, 3.63) is 42.0 Å². The molecular weight excluding hydrogens is 266 g/mol. The molecule has 5 nitrogen and oxygen atoms in total. The number of anilines is 2. The van der Waals surface area contributed by atoms with Gasteiger partial charge in [0.25, 0.3) is 0 Å². The molecule has 0 unspecified atom stereocenters. The lowest BCUT2D eigenvalue weighted by Gasteiger charge is -2.22. The highest BCUT2D eigenvalue weighted by Gasteiger charge is 2.13. The lowest BCUT2D eigenvalue weighted by molar-refractivity contribution is 0.276. The summed E-state index contributed by atoms with van der Waals surface area (Å²) in [6.07, 6.45) is 1.76. The third-order valence-corrected chi connectivity index (χ3v) is 3.35. The minimum atomic E-state index is -0.113. The summed E-state index contributed by atoms with van der Waals surface area (Å²) in [6, 6.07) is 7.70. The summed E-state index contributed by atoms with van der Waals surface area (Å²) in [5, 5.41) is 9.57. The van der Waals surface area contributed by atoms with Crippen LogP contribution >= 0.6 is 0 Å². The van der Waals surface area contributed by atoms with Crippen LogP contribution in [0, 0.1) is 0 Å². The van der Waals surface area contributed by atoms with Gasteiger partial charge in [0.1, 0.15) is 11.6 Å². The molecule has 112 valence electrons. The Morgan fingerprint density at radius 2 is 1.90 bits per heavy atom. The van der Waals surface area contributed by atoms with E-state index in [0.717, 1.165) is 22.9 Å². The molecule has 0 bridgehead atoms. The number of aliphatic hydroxyl groups is 1. The highest BCUT2D eigenvalue weighted by atomic mass is 16.5. The Hall–Kier alpha value is -2.14. The van der Waals surface area contributed by atoms with Crippen LogP contribution < -0.4 is 9.64 Å². The molecule has 0 aliphatic carbocycles. The predicted molar refractivity (Wildman–Crippen MR) is 83.1 cm³/mol. The summed E-state index contributed by atoms with van der Waals surface area (Å²) in [6.45, 7) is 3.95. The first-order valence-corrected chi connectivity index (χ1v) is 6.91. The van der Waals surface area contributed by atoms with Crippen LogP contribution in [0.3, 0.4) is 0 Å². The van der Waals surface area contributed by atoms with Gasteiger partial charge < -0.3 is 14.7 Å². The summed E-state index contributed by atoms with van der Waals surface area (Å²) in [5.41, 5.74) is 2.41. The van der Waals surface area contributed by atoms with Crippen molar-refractivity contribution in [3.63, 3.8) is 0 Å². The van der Waals surface area contributed by atoms with Gasteiger partial charge in [-0.2, -0.15) is 0 Å². The van der Waals surface area contributed by atoms with E-state index in [1.54, 1.807) is 13.3 Å². The zero-order valence-electron chi connectivity index (χ0n) is 12.9. The standard InChI is InChI=1S/C16H21N3O2/c1-11(2)16-17-9-15(14(10-20)18-16)19(3)12-5-7-13(21-4)8-6-12/h5-9,11,20H,10H2,1-4H3. The molecule has 0 aliphatic rings. The Bertz CT molecular complexity index is 597. The topological polar surface area (TPSA) is 58.5 Å². The Kier molecular flexibility index (Phi) is 4.75. The normalized spacial score (nSPS) is 10.8. The van der Waals surface area contributed by atoms with Crippen LogP contribution in [-0.2, 0) is 6.61 Å². The number of aromatic nitrogens is 2. The third kappa shape index (κ3) is 3.31. The number of rotatable bonds is 5. The Morgan fingerprint density at radius 3 is 2.43 bits per heavy atom. The molecule has 1 heterocycles. The average Bonchev–Trinajstić information content (AvgIpc) is 2.53. The van der Waals surface area contributed by atoms with Crippen molar-refractivity contribution in [2.75, 3.05) is 19.1 Å². The van der Waals surface area contributed by atoms with Crippen molar-refractivity contribution < 1.29 is 9.84 Å². The molecule has 1 aromatic carbocycles. The van der Waals surface area contributed by atoms with Gasteiger partial charge in [0, 0.05) is 18.7 Å². The minimum Gasteiger partial charge on any atom is -0.497 e. The van der Waals surface area contributed by atoms with Gasteiger partial charge in [-0.25, -0.2) is 9.97 Å². The molecule has 0 saturated heterocycles. The maximum absolute atomic E-state index is 9.57. The van der Waals surface area contributed by atoms with E-state index in [9.17, 15) is 5.11 Å². The summed E-state index contributed by atoms with van der Waals surface area (Å²) in [5.74, 6) is 1.78. The molecule has 0 spiro atoms. The smallest absolute Gasteiger partial charge is 0.131 e. The first kappa shape index (κ1) is 15.3. The first-order valence-electron chi connectivity index (χ1n) is 6.91. The van der Waals surface area contributed by atoms with Gasteiger partial charge in [-0.1, -0.05) is 13.8 Å². The number of hydrogen-bond donors (Lipinski definition) is 1. The number of ether oxygens (including phenoxy) is 1. The Balaban J connectivity index is 2.35. The maximum atomic E-state index is 9.57. The van der Waals surface area contributed by atoms with Crippen molar-refractivity contribution in [2.45, 2.75) is 26.4 Å². The Labute approximate surface area is 125 Å². The van der Waals surface area contributed by atoms with Crippen molar-refractivity contribution in [1.82, 2.24) is 9.97 Å². The van der Waals surface area contributed by atoms with Crippen molar-refractivity contribution in [1.29, 1.82) is 0 Å². The van der Waals surface area contributed by atoms with Gasteiger partial charge in [0.05, 0.1) is 31.3 Å². The monoisotopic (exact) mass is 287 g/mol. The lowest BCUT2D eigenvalue weighted by Crippen LogP contribution is -2.15. The zero-order valence-corrected chi connectivity index (χ0v) is 12.9. The Morgan fingerprint density at radius 1 is 1.24 bits per heavy atom. The average molecular weight is 287 g/mol. The molecule has 0 aliphatic heterocycles. The molecule has 0 radical (unpaired) electrons. The van der Waals surface area contributed by atoms with Gasteiger partial charge >= 0.3 is 0 Å². The molecule has 1 N–H and O–H groups in total. The van der Waals surface area contributed by atoms with E-state index in [2.05, 4.69) is 9.97 Å². The van der Waals surface area contributed by atoms with E-state index in [0.29, 0.717) is 5.69 Å². The minimum absolute atomic E-state index is 0.113. The van der Waals surface area contributed by atoms with E-state index >= 15 is 0 Å². The fourth-order valence-corrected chi connectivity index (χ4v) is 2.05. The van der Waals surface area contributed by atoms with Crippen LogP contribution in [-0.4, -0.2) is 29.2 Å². The summed E-state index contributed by atoms with van der Waals surface area (Å²) in [4.78, 5) is 10.8. The number of nitrogens with zero attached hydrogens (tertiary/aromatic N) is 3. The van der Waals surface area contributed by atoms with E-state index in [1.807, 2.05) is 50.1 Å². The molecule has 2 rings (SSSR count). The van der Waals surface area contributed by atoms with Gasteiger partial charge in [0.2, 0.25) is 0 Å². The van der Waals surface area contributed by atoms with E-state index in [-0.39, 0.29) is 12.5 Å². The molecule has 0 amide bonds. The second kappa shape index (κ2) is 6.54. The van der Waals surface area contributed by atoms with Crippen LogP contribution in [0.1, 0.15) is 31.3 Å². The van der Waals surface area contributed by atoms with E-state index < -0.39 is 0 Å². The molecule has 1 aromatic heterocycles. The lowest BCUT2D eigenvalue weighted by atomic mass is 10.2. The second-order valence-electron chi connectivity index (χ2n) is 5.13. The zero-order chi connectivity index (χ0) is 15.4. The number of hydrogen-bond acceptors (Lipinski definition) is 5. The summed E-state index contributed by atoms with van der Waals surface area (Å²) in [7, 11) is 3.57. The van der Waals surface area contributed by atoms with Crippen molar-refractivity contribution >= 4 is 11.4 Å². The van der Waals surface area contributed by atoms with Gasteiger partial charge in [-0.3, -0.25) is 0 Å². The number of benzene rings is 1. The van der Waals surface area contributed by atoms with E-state index in [1.165, 1.54) is 0 Å². The van der Waals surface area contributed by atoms with Crippen LogP contribution in [0.15, 0.2) is 30.5 Å². The molecule has 5 heteroatoms. The first-order chi connectivity index (χ1) is 10.1. The number of methoxy groups -OCH3 is 1. The summed E-state index contributed by atoms with van der Waals surface area (Å²) < 4.78 is 5.16. The van der Waals surface area contributed by atoms with Crippen molar-refractivity contribution in [3.8, 4) is 5.75 Å². The largest absolute Gasteiger partial charge is 0.497 e. The SMILES string of the molecule is COc1ccc(N(C)c2cnc(C(C)C)nc2CO)cc1. The van der Waals surface area contributed by atoms with Gasteiger partial charge in [-0.15, -0.1) is 0 Å². The quantitative estimate of drug-likeness (QED) is 0.916. The van der Waals surface area contributed by atoms with Gasteiger partial charge in [0.15, 0.2) is 0 Å². The second-order valence-corrected chi connectivity index (χ2v) is 5.13. The molecule has 2 aromatic rings. The molecule has 0 atom stereocenters. The fraction of sp³-hybridized carbons (Fsp3) is 0.375.